The molecule has 0 atom stereocenters. The fourth-order valence-corrected chi connectivity index (χ4v) is 2.29. The van der Waals surface area contributed by atoms with Gasteiger partial charge in [0.25, 0.3) is 0 Å². The van der Waals surface area contributed by atoms with E-state index in [1.54, 1.807) is 6.20 Å². The summed E-state index contributed by atoms with van der Waals surface area (Å²) in [4.78, 5) is 8.71. The third-order valence-corrected chi connectivity index (χ3v) is 3.67. The third kappa shape index (κ3) is 3.81. The lowest BCUT2D eigenvalue weighted by molar-refractivity contribution is 0.483. The molecule has 0 spiro atoms. The lowest BCUT2D eigenvalue weighted by Crippen LogP contribution is -2.06. The van der Waals surface area contributed by atoms with Crippen LogP contribution in [-0.2, 0) is 0 Å². The van der Waals surface area contributed by atoms with E-state index < -0.39 is 0 Å². The van der Waals surface area contributed by atoms with E-state index in [-0.39, 0.29) is 0 Å². The molecule has 0 amide bonds. The van der Waals surface area contributed by atoms with E-state index in [9.17, 15) is 0 Å². The van der Waals surface area contributed by atoms with Crippen LogP contribution in [0, 0.1) is 0 Å². The average molecular weight is 318 g/mol. The molecule has 1 heterocycles. The predicted octanol–water partition coefficient (Wildman–Crippen LogP) is 4.59. The molecule has 1 aliphatic carbocycles. The zero-order chi connectivity index (χ0) is 16.2. The quantitative estimate of drug-likeness (QED) is 0.696. The van der Waals surface area contributed by atoms with Gasteiger partial charge in [0.2, 0.25) is 5.95 Å². The Balaban J connectivity index is 1.41. The Labute approximate surface area is 140 Å². The van der Waals surface area contributed by atoms with Gasteiger partial charge in [-0.05, 0) is 55.3 Å². The molecule has 5 heteroatoms. The highest BCUT2D eigenvalue weighted by Crippen LogP contribution is 2.25. The summed E-state index contributed by atoms with van der Waals surface area (Å²) in [6.07, 6.45) is 4.15. The maximum Gasteiger partial charge on any atom is 0.224 e. The molecule has 0 unspecified atom stereocenters. The maximum absolute atomic E-state index is 5.79. The average Bonchev–Trinajstić information content (AvgIpc) is 3.42. The van der Waals surface area contributed by atoms with Crippen LogP contribution in [0.5, 0.6) is 11.5 Å². The minimum atomic E-state index is 0.537. The molecule has 24 heavy (non-hydrogen) atoms. The molecule has 0 bridgehead atoms. The zero-order valence-corrected chi connectivity index (χ0v) is 13.1. The van der Waals surface area contributed by atoms with E-state index in [2.05, 4.69) is 20.6 Å². The fourth-order valence-electron chi connectivity index (χ4n) is 2.29. The number of nitrogens with zero attached hydrogens (tertiary/aromatic N) is 2. The van der Waals surface area contributed by atoms with Crippen molar-refractivity contribution in [2.75, 3.05) is 10.6 Å². The van der Waals surface area contributed by atoms with E-state index >= 15 is 0 Å². The van der Waals surface area contributed by atoms with Gasteiger partial charge in [-0.25, -0.2) is 4.98 Å². The van der Waals surface area contributed by atoms with Gasteiger partial charge in [-0.1, -0.05) is 18.2 Å². The fraction of sp³-hybridized carbons (Fsp3) is 0.158. The van der Waals surface area contributed by atoms with Crippen molar-refractivity contribution in [3.63, 3.8) is 0 Å². The monoisotopic (exact) mass is 318 g/mol. The van der Waals surface area contributed by atoms with Gasteiger partial charge in [0.05, 0.1) is 0 Å². The Morgan fingerprint density at radius 2 is 1.62 bits per heavy atom. The summed E-state index contributed by atoms with van der Waals surface area (Å²) < 4.78 is 5.79. The van der Waals surface area contributed by atoms with Crippen molar-refractivity contribution in [1.82, 2.24) is 9.97 Å². The normalized spacial score (nSPS) is 13.3. The Kier molecular flexibility index (Phi) is 3.98. The first kappa shape index (κ1) is 14.5. The molecule has 2 aromatic carbocycles. The lowest BCUT2D eigenvalue weighted by atomic mass is 10.3. The minimum absolute atomic E-state index is 0.537. The van der Waals surface area contributed by atoms with E-state index in [4.69, 9.17) is 4.74 Å². The highest BCUT2D eigenvalue weighted by atomic mass is 16.5. The molecule has 5 nitrogen and oxygen atoms in total. The van der Waals surface area contributed by atoms with Crippen LogP contribution < -0.4 is 15.4 Å². The Bertz CT molecular complexity index is 801. The van der Waals surface area contributed by atoms with Crippen LogP contribution in [0.25, 0.3) is 0 Å². The maximum atomic E-state index is 5.79. The molecule has 0 radical (unpaired) electrons. The molecule has 1 aliphatic rings. The van der Waals surface area contributed by atoms with Gasteiger partial charge >= 0.3 is 0 Å². The van der Waals surface area contributed by atoms with Gasteiger partial charge in [0, 0.05) is 17.9 Å². The number of nitrogens with one attached hydrogen (secondary N) is 2. The molecule has 2 N–H and O–H groups in total. The molecule has 0 aliphatic heterocycles. The molecule has 1 saturated carbocycles. The predicted molar refractivity (Wildman–Crippen MR) is 94.9 cm³/mol. The first-order chi connectivity index (χ1) is 11.8. The second-order valence-corrected chi connectivity index (χ2v) is 5.75. The van der Waals surface area contributed by atoms with Crippen LogP contribution >= 0.6 is 0 Å². The van der Waals surface area contributed by atoms with Gasteiger partial charge in [0.15, 0.2) is 0 Å². The van der Waals surface area contributed by atoms with Crippen LogP contribution in [0.4, 0.5) is 17.5 Å². The Morgan fingerprint density at radius 1 is 0.875 bits per heavy atom. The molecule has 0 saturated heterocycles. The van der Waals surface area contributed by atoms with Gasteiger partial charge in [-0.3, -0.25) is 0 Å². The van der Waals surface area contributed by atoms with E-state index in [1.165, 1.54) is 12.8 Å². The number of para-hydroxylation sites is 1. The summed E-state index contributed by atoms with van der Waals surface area (Å²) in [6, 6.07) is 19.9. The van der Waals surface area contributed by atoms with Crippen molar-refractivity contribution in [3.8, 4) is 11.5 Å². The topological polar surface area (TPSA) is 59.1 Å². The van der Waals surface area contributed by atoms with E-state index in [0.717, 1.165) is 23.0 Å². The number of hydrogen-bond acceptors (Lipinski definition) is 5. The first-order valence-corrected chi connectivity index (χ1v) is 8.05. The summed E-state index contributed by atoms with van der Waals surface area (Å²) in [6.45, 7) is 0. The highest BCUT2D eigenvalue weighted by Gasteiger charge is 2.21. The lowest BCUT2D eigenvalue weighted by Gasteiger charge is -2.09. The molecular formula is C19H18N4O. The largest absolute Gasteiger partial charge is 0.457 e. The number of benzene rings is 2. The molecule has 1 aromatic heterocycles. The summed E-state index contributed by atoms with van der Waals surface area (Å²) >= 11 is 0. The second-order valence-electron chi connectivity index (χ2n) is 5.75. The standard InChI is InChI=1S/C19H18N4O/c1-2-4-16(5-3-1)24-17-10-8-14(9-11-17)21-18-12-13-20-19(23-18)22-15-6-7-15/h1-5,8-13,15H,6-7H2,(H2,20,21,22,23). The Morgan fingerprint density at radius 3 is 2.38 bits per heavy atom. The highest BCUT2D eigenvalue weighted by molar-refractivity contribution is 5.58. The summed E-state index contributed by atoms with van der Waals surface area (Å²) in [5.74, 6) is 3.06. The molecule has 120 valence electrons. The molecule has 4 rings (SSSR count). The summed E-state index contributed by atoms with van der Waals surface area (Å²) in [5.41, 5.74) is 0.950. The van der Waals surface area contributed by atoms with Gasteiger partial charge in [-0.2, -0.15) is 4.98 Å². The van der Waals surface area contributed by atoms with Crippen molar-refractivity contribution in [2.24, 2.45) is 0 Å². The van der Waals surface area contributed by atoms with Gasteiger partial charge in [0.1, 0.15) is 17.3 Å². The molecule has 1 fully saturated rings. The summed E-state index contributed by atoms with van der Waals surface area (Å²) in [5, 5.41) is 6.58. The van der Waals surface area contributed by atoms with Crippen LogP contribution in [-0.4, -0.2) is 16.0 Å². The molecular weight excluding hydrogens is 300 g/mol. The number of anilines is 3. The number of ether oxygens (including phenoxy) is 1. The van der Waals surface area contributed by atoms with Crippen molar-refractivity contribution < 1.29 is 4.74 Å². The number of aromatic nitrogens is 2. The number of rotatable bonds is 6. The van der Waals surface area contributed by atoms with E-state index in [0.29, 0.717) is 12.0 Å². The van der Waals surface area contributed by atoms with E-state index in [1.807, 2.05) is 60.7 Å². The molecule has 3 aromatic rings. The van der Waals surface area contributed by atoms with Crippen molar-refractivity contribution in [1.29, 1.82) is 0 Å². The summed E-state index contributed by atoms with van der Waals surface area (Å²) in [7, 11) is 0. The Hall–Kier alpha value is -3.08. The van der Waals surface area contributed by atoms with Crippen molar-refractivity contribution in [3.05, 3.63) is 66.9 Å². The van der Waals surface area contributed by atoms with Gasteiger partial charge < -0.3 is 15.4 Å². The van der Waals surface area contributed by atoms with Crippen molar-refractivity contribution in [2.45, 2.75) is 18.9 Å². The zero-order valence-electron chi connectivity index (χ0n) is 13.1. The third-order valence-electron chi connectivity index (χ3n) is 3.67. The second kappa shape index (κ2) is 6.58. The SMILES string of the molecule is c1ccc(Oc2ccc(Nc3ccnc(NC4CC4)n3)cc2)cc1. The van der Waals surface area contributed by atoms with Crippen LogP contribution in [0.15, 0.2) is 66.9 Å². The van der Waals surface area contributed by atoms with Gasteiger partial charge in [-0.15, -0.1) is 0 Å². The van der Waals surface area contributed by atoms with Crippen LogP contribution in [0.2, 0.25) is 0 Å². The van der Waals surface area contributed by atoms with Crippen LogP contribution in [0.1, 0.15) is 12.8 Å². The smallest absolute Gasteiger partial charge is 0.224 e. The first-order valence-electron chi connectivity index (χ1n) is 8.05. The number of hydrogen-bond donors (Lipinski definition) is 2. The van der Waals surface area contributed by atoms with Crippen LogP contribution in [0.3, 0.4) is 0 Å². The van der Waals surface area contributed by atoms with Crippen molar-refractivity contribution >= 4 is 17.5 Å². The minimum Gasteiger partial charge on any atom is -0.457 e.